The van der Waals surface area contributed by atoms with Crippen molar-refractivity contribution >= 4 is 33.6 Å². The summed E-state index contributed by atoms with van der Waals surface area (Å²) in [6, 6.07) is 10.8. The van der Waals surface area contributed by atoms with E-state index in [4.69, 9.17) is 0 Å². The van der Waals surface area contributed by atoms with Gasteiger partial charge in [0.1, 0.15) is 17.3 Å². The first kappa shape index (κ1) is 12.6. The summed E-state index contributed by atoms with van der Waals surface area (Å²) in [5.74, 6) is 1.29. The lowest BCUT2D eigenvalue weighted by molar-refractivity contribution is 0.989. The van der Waals surface area contributed by atoms with Crippen LogP contribution in [0.25, 0.3) is 21.9 Å². The van der Waals surface area contributed by atoms with E-state index >= 15 is 0 Å². The van der Waals surface area contributed by atoms with Crippen molar-refractivity contribution in [3.63, 3.8) is 0 Å². The highest BCUT2D eigenvalue weighted by Crippen LogP contribution is 2.27. The Bertz CT molecular complexity index is 1050. The second-order valence-electron chi connectivity index (χ2n) is 5.07. The predicted molar refractivity (Wildman–Crippen MR) is 86.4 cm³/mol. The highest BCUT2D eigenvalue weighted by atomic mass is 16.1. The number of aryl methyl sites for hydroxylation is 1. The zero-order valence-corrected chi connectivity index (χ0v) is 11.9. The van der Waals surface area contributed by atoms with E-state index in [1.807, 2.05) is 36.0 Å². The molecule has 0 saturated carbocycles. The number of aromatic nitrogens is 4. The molecule has 0 fully saturated rings. The zero-order chi connectivity index (χ0) is 15.1. The van der Waals surface area contributed by atoms with Gasteiger partial charge in [0.05, 0.1) is 5.52 Å². The highest BCUT2D eigenvalue weighted by molar-refractivity contribution is 6.06. The van der Waals surface area contributed by atoms with Crippen LogP contribution in [0.15, 0.2) is 53.6 Å². The monoisotopic (exact) mass is 291 g/mol. The van der Waals surface area contributed by atoms with Crippen molar-refractivity contribution in [1.82, 2.24) is 19.5 Å². The van der Waals surface area contributed by atoms with E-state index in [2.05, 4.69) is 20.3 Å². The Morgan fingerprint density at radius 3 is 2.91 bits per heavy atom. The van der Waals surface area contributed by atoms with Crippen LogP contribution in [-0.4, -0.2) is 19.5 Å². The number of anilines is 2. The molecule has 4 aromatic heterocycles. The molecule has 4 heterocycles. The molecule has 0 saturated heterocycles. The second-order valence-corrected chi connectivity index (χ2v) is 5.07. The molecule has 0 aliphatic carbocycles. The molecule has 0 amide bonds. The zero-order valence-electron chi connectivity index (χ0n) is 11.9. The van der Waals surface area contributed by atoms with Crippen LogP contribution in [0.2, 0.25) is 0 Å². The Morgan fingerprint density at radius 2 is 2.05 bits per heavy atom. The van der Waals surface area contributed by atoms with E-state index in [1.165, 1.54) is 6.07 Å². The maximum absolute atomic E-state index is 11.3. The molecule has 0 radical (unpaired) electrons. The maximum Gasteiger partial charge on any atom is 0.249 e. The van der Waals surface area contributed by atoms with Crippen molar-refractivity contribution in [2.24, 2.45) is 7.05 Å². The fraction of sp³-hybridized carbons (Fsp3) is 0.0625. The van der Waals surface area contributed by atoms with Crippen molar-refractivity contribution in [3.8, 4) is 0 Å². The number of aromatic amines is 1. The molecule has 0 bridgehead atoms. The van der Waals surface area contributed by atoms with Gasteiger partial charge in [-0.1, -0.05) is 6.07 Å². The normalized spacial score (nSPS) is 11.1. The average molecular weight is 291 g/mol. The number of H-pyrrole nitrogens is 1. The first-order chi connectivity index (χ1) is 10.7. The molecule has 4 aromatic rings. The van der Waals surface area contributed by atoms with Gasteiger partial charge >= 0.3 is 0 Å². The topological polar surface area (TPSA) is 75.6 Å². The molecule has 6 heteroatoms. The number of nitrogens with one attached hydrogen (secondary N) is 2. The van der Waals surface area contributed by atoms with Crippen LogP contribution in [0.1, 0.15) is 0 Å². The Morgan fingerprint density at radius 1 is 1.14 bits per heavy atom. The summed E-state index contributed by atoms with van der Waals surface area (Å²) >= 11 is 0. The third-order valence-corrected chi connectivity index (χ3v) is 3.67. The van der Waals surface area contributed by atoms with E-state index in [1.54, 1.807) is 18.3 Å². The van der Waals surface area contributed by atoms with Crippen LogP contribution in [0.5, 0.6) is 0 Å². The molecule has 108 valence electrons. The van der Waals surface area contributed by atoms with Gasteiger partial charge < -0.3 is 14.9 Å². The molecule has 0 unspecified atom stereocenters. The number of rotatable bonds is 2. The van der Waals surface area contributed by atoms with E-state index < -0.39 is 0 Å². The molecule has 0 atom stereocenters. The fourth-order valence-electron chi connectivity index (χ4n) is 2.64. The summed E-state index contributed by atoms with van der Waals surface area (Å²) in [6.07, 6.45) is 3.62. The molecule has 6 nitrogen and oxygen atoms in total. The molecule has 0 spiro atoms. The van der Waals surface area contributed by atoms with Gasteiger partial charge in [0.2, 0.25) is 5.56 Å². The van der Waals surface area contributed by atoms with Gasteiger partial charge in [-0.15, -0.1) is 0 Å². The van der Waals surface area contributed by atoms with Crippen molar-refractivity contribution in [3.05, 3.63) is 59.1 Å². The summed E-state index contributed by atoms with van der Waals surface area (Å²) in [4.78, 5) is 22.9. The molecule has 0 aliphatic heterocycles. The first-order valence-corrected chi connectivity index (χ1v) is 6.88. The van der Waals surface area contributed by atoms with Gasteiger partial charge in [0.15, 0.2) is 0 Å². The number of nitrogens with zero attached hydrogens (tertiary/aromatic N) is 3. The standard InChI is InChI=1S/C16H13N5O/c1-21-12-7-8-17-9-11(12)10-5-6-14(20-16(10)21)18-13-3-2-4-15(22)19-13/h2-9H,1H3,(H2,18,19,20,22). The molecule has 0 aromatic carbocycles. The average Bonchev–Trinajstić information content (AvgIpc) is 2.81. The van der Waals surface area contributed by atoms with Crippen LogP contribution >= 0.6 is 0 Å². The van der Waals surface area contributed by atoms with Gasteiger partial charge in [-0.2, -0.15) is 0 Å². The van der Waals surface area contributed by atoms with E-state index in [-0.39, 0.29) is 5.56 Å². The highest BCUT2D eigenvalue weighted by Gasteiger charge is 2.10. The van der Waals surface area contributed by atoms with Gasteiger partial charge in [-0.05, 0) is 24.3 Å². The minimum absolute atomic E-state index is 0.151. The molecule has 22 heavy (non-hydrogen) atoms. The van der Waals surface area contributed by atoms with Gasteiger partial charge in [0.25, 0.3) is 0 Å². The molecular formula is C16H13N5O. The third-order valence-electron chi connectivity index (χ3n) is 3.67. The first-order valence-electron chi connectivity index (χ1n) is 6.88. The number of hydrogen-bond donors (Lipinski definition) is 2. The SMILES string of the molecule is Cn1c2ccncc2c2ccc(Nc3cccc(=O)[nH]3)nc21. The molecule has 4 rings (SSSR count). The minimum atomic E-state index is -0.151. The summed E-state index contributed by atoms with van der Waals surface area (Å²) in [5, 5.41) is 5.24. The number of pyridine rings is 3. The third kappa shape index (κ3) is 1.93. The lowest BCUT2D eigenvalue weighted by Crippen LogP contribution is -2.06. The van der Waals surface area contributed by atoms with Crippen molar-refractivity contribution in [2.45, 2.75) is 0 Å². The van der Waals surface area contributed by atoms with Crippen LogP contribution < -0.4 is 10.9 Å². The minimum Gasteiger partial charge on any atom is -0.328 e. The van der Waals surface area contributed by atoms with Gasteiger partial charge in [-0.25, -0.2) is 4.98 Å². The Labute approximate surface area is 125 Å². The predicted octanol–water partition coefficient (Wildman–Crippen LogP) is 2.55. The van der Waals surface area contributed by atoms with Gasteiger partial charge in [-0.3, -0.25) is 9.78 Å². The number of fused-ring (bicyclic) bond motifs is 3. The summed E-state index contributed by atoms with van der Waals surface area (Å²) in [5.41, 5.74) is 1.80. The van der Waals surface area contributed by atoms with Crippen molar-refractivity contribution in [2.75, 3.05) is 5.32 Å². The van der Waals surface area contributed by atoms with Crippen molar-refractivity contribution in [1.29, 1.82) is 0 Å². The fourth-order valence-corrected chi connectivity index (χ4v) is 2.64. The summed E-state index contributed by atoms with van der Waals surface area (Å²) in [7, 11) is 1.98. The molecule has 2 N–H and O–H groups in total. The Kier molecular flexibility index (Phi) is 2.69. The van der Waals surface area contributed by atoms with Crippen LogP contribution in [0, 0.1) is 0 Å². The quantitative estimate of drug-likeness (QED) is 0.595. The Balaban J connectivity index is 1.85. The lowest BCUT2D eigenvalue weighted by atomic mass is 10.2. The second kappa shape index (κ2) is 4.70. The van der Waals surface area contributed by atoms with Crippen LogP contribution in [0.3, 0.4) is 0 Å². The van der Waals surface area contributed by atoms with E-state index in [0.717, 1.165) is 21.9 Å². The summed E-state index contributed by atoms with van der Waals surface area (Å²) in [6.45, 7) is 0. The maximum atomic E-state index is 11.3. The smallest absolute Gasteiger partial charge is 0.249 e. The summed E-state index contributed by atoms with van der Waals surface area (Å²) < 4.78 is 2.03. The van der Waals surface area contributed by atoms with E-state index in [0.29, 0.717) is 11.6 Å². The van der Waals surface area contributed by atoms with Crippen molar-refractivity contribution < 1.29 is 0 Å². The largest absolute Gasteiger partial charge is 0.328 e. The molecule has 0 aliphatic rings. The van der Waals surface area contributed by atoms with Gasteiger partial charge in [0, 0.05) is 36.3 Å². The van der Waals surface area contributed by atoms with E-state index in [9.17, 15) is 4.79 Å². The van der Waals surface area contributed by atoms with Crippen LogP contribution in [-0.2, 0) is 7.05 Å². The van der Waals surface area contributed by atoms with Crippen LogP contribution in [0.4, 0.5) is 11.6 Å². The number of hydrogen-bond acceptors (Lipinski definition) is 4. The Hall–Kier alpha value is -3.15. The lowest BCUT2D eigenvalue weighted by Gasteiger charge is -2.05. The molecular weight excluding hydrogens is 278 g/mol.